The van der Waals surface area contributed by atoms with Gasteiger partial charge in [-0.25, -0.2) is 4.98 Å². The van der Waals surface area contributed by atoms with Crippen LogP contribution in [0.5, 0.6) is 0 Å². The van der Waals surface area contributed by atoms with Gasteiger partial charge < -0.3 is 5.73 Å². The Labute approximate surface area is 119 Å². The van der Waals surface area contributed by atoms with Crippen LogP contribution in [-0.4, -0.2) is 4.98 Å². The van der Waals surface area contributed by atoms with Crippen molar-refractivity contribution in [3.63, 3.8) is 0 Å². The van der Waals surface area contributed by atoms with E-state index in [1.54, 1.807) is 11.8 Å². The number of nitrogens with zero attached hydrogens (tertiary/aromatic N) is 1. The second-order valence-corrected chi connectivity index (χ2v) is 5.87. The van der Waals surface area contributed by atoms with E-state index in [1.807, 2.05) is 13.0 Å². The van der Waals surface area contributed by atoms with Gasteiger partial charge in [-0.3, -0.25) is 0 Å². The van der Waals surface area contributed by atoms with Crippen LogP contribution in [0.25, 0.3) is 0 Å². The van der Waals surface area contributed by atoms with Gasteiger partial charge in [-0.05, 0) is 38.0 Å². The van der Waals surface area contributed by atoms with E-state index in [0.717, 1.165) is 22.0 Å². The number of aromatic nitrogens is 1. The molecule has 19 heavy (non-hydrogen) atoms. The van der Waals surface area contributed by atoms with Gasteiger partial charge in [0.1, 0.15) is 5.03 Å². The van der Waals surface area contributed by atoms with Crippen molar-refractivity contribution in [2.75, 3.05) is 0 Å². The molecule has 0 fully saturated rings. The summed E-state index contributed by atoms with van der Waals surface area (Å²) in [6.07, 6.45) is 0. The van der Waals surface area contributed by atoms with E-state index in [0.29, 0.717) is 6.54 Å². The molecule has 1 aromatic heterocycles. The number of thioether (sulfide) groups is 1. The van der Waals surface area contributed by atoms with Gasteiger partial charge >= 0.3 is 0 Å². The zero-order valence-electron chi connectivity index (χ0n) is 11.7. The fraction of sp³-hybridized carbons (Fsp3) is 0.312. The summed E-state index contributed by atoms with van der Waals surface area (Å²) in [5.74, 6) is 0.936. The Morgan fingerprint density at radius 2 is 1.74 bits per heavy atom. The van der Waals surface area contributed by atoms with Crippen molar-refractivity contribution < 1.29 is 0 Å². The minimum absolute atomic E-state index is 0.544. The first-order valence-electron chi connectivity index (χ1n) is 6.45. The van der Waals surface area contributed by atoms with Crippen LogP contribution < -0.4 is 5.73 Å². The fourth-order valence-electron chi connectivity index (χ4n) is 2.15. The molecule has 2 nitrogen and oxygen atoms in total. The third-order valence-electron chi connectivity index (χ3n) is 2.96. The van der Waals surface area contributed by atoms with E-state index >= 15 is 0 Å². The molecule has 3 heteroatoms. The summed E-state index contributed by atoms with van der Waals surface area (Å²) in [6.45, 7) is 6.83. The smallest absolute Gasteiger partial charge is 0.101 e. The molecular weight excluding hydrogens is 252 g/mol. The zero-order valence-corrected chi connectivity index (χ0v) is 12.6. The van der Waals surface area contributed by atoms with Crippen LogP contribution in [0.15, 0.2) is 35.4 Å². The first kappa shape index (κ1) is 14.1. The van der Waals surface area contributed by atoms with Crippen LogP contribution in [0.1, 0.15) is 27.9 Å². The van der Waals surface area contributed by atoms with Crippen LogP contribution in [0.2, 0.25) is 0 Å². The Hall–Kier alpha value is -1.32. The molecule has 0 atom stereocenters. The normalized spacial score (nSPS) is 10.7. The molecule has 2 aromatic rings. The zero-order chi connectivity index (χ0) is 13.8. The summed E-state index contributed by atoms with van der Waals surface area (Å²) >= 11 is 1.77. The van der Waals surface area contributed by atoms with Crippen LogP contribution >= 0.6 is 11.8 Å². The van der Waals surface area contributed by atoms with Crippen molar-refractivity contribution in [1.82, 2.24) is 4.98 Å². The van der Waals surface area contributed by atoms with E-state index < -0.39 is 0 Å². The van der Waals surface area contributed by atoms with Crippen LogP contribution in [0.4, 0.5) is 0 Å². The molecule has 0 unspecified atom stereocenters. The van der Waals surface area contributed by atoms with Gasteiger partial charge in [-0.2, -0.15) is 0 Å². The van der Waals surface area contributed by atoms with E-state index in [9.17, 15) is 0 Å². The molecule has 0 bridgehead atoms. The number of nitrogens with two attached hydrogens (primary N) is 1. The van der Waals surface area contributed by atoms with Gasteiger partial charge in [-0.1, -0.05) is 35.4 Å². The highest BCUT2D eigenvalue weighted by atomic mass is 32.2. The largest absolute Gasteiger partial charge is 0.326 e. The highest BCUT2D eigenvalue weighted by Gasteiger charge is 2.05. The lowest BCUT2D eigenvalue weighted by molar-refractivity contribution is 0.941. The second kappa shape index (κ2) is 6.22. The van der Waals surface area contributed by atoms with Gasteiger partial charge in [0.25, 0.3) is 0 Å². The molecule has 0 spiro atoms. The topological polar surface area (TPSA) is 38.9 Å². The summed E-state index contributed by atoms with van der Waals surface area (Å²) in [6, 6.07) is 10.8. The Kier molecular flexibility index (Phi) is 4.61. The molecule has 1 aromatic carbocycles. The maximum Gasteiger partial charge on any atom is 0.101 e. The van der Waals surface area contributed by atoms with E-state index in [-0.39, 0.29) is 0 Å². The first-order valence-corrected chi connectivity index (χ1v) is 7.43. The number of benzene rings is 1. The molecular formula is C16H20N2S. The van der Waals surface area contributed by atoms with E-state index in [4.69, 9.17) is 5.73 Å². The van der Waals surface area contributed by atoms with Crippen molar-refractivity contribution in [3.05, 3.63) is 58.3 Å². The highest BCUT2D eigenvalue weighted by Crippen LogP contribution is 2.25. The van der Waals surface area contributed by atoms with Crippen molar-refractivity contribution >= 4 is 11.8 Å². The Balaban J connectivity index is 2.16. The molecule has 2 rings (SSSR count). The Morgan fingerprint density at radius 1 is 1.05 bits per heavy atom. The van der Waals surface area contributed by atoms with Crippen molar-refractivity contribution in [3.8, 4) is 0 Å². The molecule has 2 N–H and O–H groups in total. The summed E-state index contributed by atoms with van der Waals surface area (Å²) in [5.41, 5.74) is 11.9. The van der Waals surface area contributed by atoms with E-state index in [1.165, 1.54) is 16.7 Å². The molecule has 0 saturated carbocycles. The summed E-state index contributed by atoms with van der Waals surface area (Å²) in [5, 5.41) is 1.06. The second-order valence-electron chi connectivity index (χ2n) is 4.91. The molecule has 0 amide bonds. The Bertz CT molecular complexity index is 559. The van der Waals surface area contributed by atoms with Gasteiger partial charge in [0.05, 0.1) is 0 Å². The SMILES string of the molecule is Cc1cc(C)cc(CSc2nc(C)ccc2CN)c1. The quantitative estimate of drug-likeness (QED) is 0.861. The van der Waals surface area contributed by atoms with Crippen molar-refractivity contribution in [2.45, 2.75) is 38.1 Å². The predicted molar refractivity (Wildman–Crippen MR) is 82.3 cm³/mol. The standard InChI is InChI=1S/C16H20N2S/c1-11-6-12(2)8-14(7-11)10-19-16-15(9-17)5-4-13(3)18-16/h4-8H,9-10,17H2,1-3H3. The lowest BCUT2D eigenvalue weighted by atomic mass is 10.1. The van der Waals surface area contributed by atoms with Gasteiger partial charge in [0, 0.05) is 18.0 Å². The Morgan fingerprint density at radius 3 is 2.37 bits per heavy atom. The lowest BCUT2D eigenvalue weighted by Gasteiger charge is -2.08. The van der Waals surface area contributed by atoms with Crippen molar-refractivity contribution in [2.24, 2.45) is 5.73 Å². The predicted octanol–water partition coefficient (Wildman–Crippen LogP) is 3.76. The minimum atomic E-state index is 0.544. The van der Waals surface area contributed by atoms with E-state index in [2.05, 4.69) is 43.1 Å². The maximum atomic E-state index is 5.76. The third kappa shape index (κ3) is 3.82. The average molecular weight is 272 g/mol. The lowest BCUT2D eigenvalue weighted by Crippen LogP contribution is -2.01. The monoisotopic (exact) mass is 272 g/mol. The molecule has 100 valence electrons. The van der Waals surface area contributed by atoms with Gasteiger partial charge in [0.2, 0.25) is 0 Å². The number of pyridine rings is 1. The van der Waals surface area contributed by atoms with Crippen molar-refractivity contribution in [1.29, 1.82) is 0 Å². The number of hydrogen-bond donors (Lipinski definition) is 1. The first-order chi connectivity index (χ1) is 9.08. The summed E-state index contributed by atoms with van der Waals surface area (Å²) in [7, 11) is 0. The fourth-order valence-corrected chi connectivity index (χ4v) is 3.16. The molecule has 1 heterocycles. The average Bonchev–Trinajstić information content (AvgIpc) is 2.35. The summed E-state index contributed by atoms with van der Waals surface area (Å²) < 4.78 is 0. The molecule has 0 saturated heterocycles. The molecule has 0 aliphatic heterocycles. The molecule has 0 radical (unpaired) electrons. The van der Waals surface area contributed by atoms with Gasteiger partial charge in [-0.15, -0.1) is 11.8 Å². The number of hydrogen-bond acceptors (Lipinski definition) is 3. The maximum absolute atomic E-state index is 5.76. The van der Waals surface area contributed by atoms with Crippen LogP contribution in [0, 0.1) is 20.8 Å². The molecule has 0 aliphatic carbocycles. The minimum Gasteiger partial charge on any atom is -0.326 e. The molecule has 0 aliphatic rings. The highest BCUT2D eigenvalue weighted by molar-refractivity contribution is 7.98. The van der Waals surface area contributed by atoms with Crippen LogP contribution in [-0.2, 0) is 12.3 Å². The summed E-state index contributed by atoms with van der Waals surface area (Å²) in [4.78, 5) is 4.59. The van der Waals surface area contributed by atoms with Gasteiger partial charge in [0.15, 0.2) is 0 Å². The number of aryl methyl sites for hydroxylation is 3. The number of rotatable bonds is 4. The van der Waals surface area contributed by atoms with Crippen LogP contribution in [0.3, 0.4) is 0 Å². The third-order valence-corrected chi connectivity index (χ3v) is 4.06.